The highest BCUT2D eigenvalue weighted by Gasteiger charge is 2.30. The van der Waals surface area contributed by atoms with E-state index in [-0.39, 0.29) is 5.91 Å². The summed E-state index contributed by atoms with van der Waals surface area (Å²) in [6.07, 6.45) is 0. The van der Waals surface area contributed by atoms with Crippen molar-refractivity contribution in [2.24, 2.45) is 0 Å². The summed E-state index contributed by atoms with van der Waals surface area (Å²) in [6, 6.07) is 26.4. The van der Waals surface area contributed by atoms with Crippen molar-refractivity contribution in [3.8, 4) is 17.2 Å². The topological polar surface area (TPSA) is 64.4 Å². The molecule has 164 valence electrons. The molecule has 0 fully saturated rings. The van der Waals surface area contributed by atoms with E-state index < -0.39 is 5.60 Å². The minimum Gasteiger partial charge on any atom is -0.478 e. The Morgan fingerprint density at radius 3 is 2.55 bits per heavy atom. The minimum atomic E-state index is -1.10. The minimum absolute atomic E-state index is 0.283. The number of anilines is 1. The Balaban J connectivity index is 1.39. The van der Waals surface area contributed by atoms with E-state index in [2.05, 4.69) is 22.4 Å². The lowest BCUT2D eigenvalue weighted by Gasteiger charge is -2.25. The Morgan fingerprint density at radius 2 is 1.73 bits per heavy atom. The summed E-state index contributed by atoms with van der Waals surface area (Å²) in [5.74, 6) is 0.817. The third-order valence-electron chi connectivity index (χ3n) is 5.40. The van der Waals surface area contributed by atoms with Gasteiger partial charge in [0.05, 0.1) is 0 Å². The van der Waals surface area contributed by atoms with Crippen LogP contribution < -0.4 is 10.1 Å². The fourth-order valence-electron chi connectivity index (χ4n) is 3.66. The normalized spacial score (nSPS) is 11.6. The van der Waals surface area contributed by atoms with Crippen molar-refractivity contribution in [2.45, 2.75) is 19.4 Å². The molecule has 0 aliphatic rings. The van der Waals surface area contributed by atoms with Crippen LogP contribution in [0.2, 0.25) is 5.02 Å². The van der Waals surface area contributed by atoms with Crippen molar-refractivity contribution in [1.29, 1.82) is 0 Å². The number of hydrogen-bond acceptors (Lipinski definition) is 4. The first-order valence-corrected chi connectivity index (χ1v) is 10.9. The predicted octanol–water partition coefficient (Wildman–Crippen LogP) is 7.10. The third kappa shape index (κ3) is 4.28. The average Bonchev–Trinajstić information content (AvgIpc) is 3.23. The zero-order valence-electron chi connectivity index (χ0n) is 18.1. The van der Waals surface area contributed by atoms with Gasteiger partial charge in [-0.05, 0) is 73.2 Å². The third-order valence-corrected chi connectivity index (χ3v) is 5.65. The number of ether oxygens (including phenoxy) is 1. The Morgan fingerprint density at radius 1 is 0.970 bits per heavy atom. The van der Waals surface area contributed by atoms with Crippen LogP contribution in [0.1, 0.15) is 13.8 Å². The molecule has 0 aliphatic heterocycles. The van der Waals surface area contributed by atoms with Gasteiger partial charge in [0.15, 0.2) is 11.2 Å². The molecule has 1 heterocycles. The lowest BCUT2D eigenvalue weighted by Crippen LogP contribution is -2.42. The maximum Gasteiger partial charge on any atom is 0.267 e. The van der Waals surface area contributed by atoms with Gasteiger partial charge in [-0.1, -0.05) is 48.0 Å². The number of halogens is 1. The second kappa shape index (κ2) is 8.26. The number of carbonyl (C=O) groups excluding carboxylic acids is 1. The van der Waals surface area contributed by atoms with Gasteiger partial charge >= 0.3 is 0 Å². The van der Waals surface area contributed by atoms with Gasteiger partial charge in [0.2, 0.25) is 5.89 Å². The molecule has 1 aromatic heterocycles. The van der Waals surface area contributed by atoms with Crippen molar-refractivity contribution in [2.75, 3.05) is 5.32 Å². The summed E-state index contributed by atoms with van der Waals surface area (Å²) in [7, 11) is 0. The number of rotatable bonds is 5. The van der Waals surface area contributed by atoms with Gasteiger partial charge in [-0.3, -0.25) is 4.79 Å². The van der Waals surface area contributed by atoms with E-state index in [1.807, 2.05) is 30.3 Å². The van der Waals surface area contributed by atoms with Crippen LogP contribution in [-0.2, 0) is 4.79 Å². The molecule has 0 bridgehead atoms. The lowest BCUT2D eigenvalue weighted by atomic mass is 10.0. The van der Waals surface area contributed by atoms with E-state index >= 15 is 0 Å². The summed E-state index contributed by atoms with van der Waals surface area (Å²) in [5, 5.41) is 5.71. The zero-order chi connectivity index (χ0) is 23.0. The first-order valence-electron chi connectivity index (χ1n) is 10.5. The molecule has 5 rings (SSSR count). The number of aromatic nitrogens is 1. The van der Waals surface area contributed by atoms with Crippen LogP contribution in [0.15, 0.2) is 89.3 Å². The van der Waals surface area contributed by atoms with Gasteiger partial charge < -0.3 is 14.5 Å². The van der Waals surface area contributed by atoms with Crippen molar-refractivity contribution >= 4 is 45.1 Å². The fourth-order valence-corrected chi connectivity index (χ4v) is 3.78. The van der Waals surface area contributed by atoms with Gasteiger partial charge in [0.25, 0.3) is 5.91 Å². The van der Waals surface area contributed by atoms with Crippen LogP contribution in [0, 0.1) is 0 Å². The van der Waals surface area contributed by atoms with Crippen molar-refractivity contribution < 1.29 is 13.9 Å². The maximum absolute atomic E-state index is 12.9. The van der Waals surface area contributed by atoms with Crippen LogP contribution in [0.5, 0.6) is 5.75 Å². The molecular formula is C27H21ClN2O3. The summed E-state index contributed by atoms with van der Waals surface area (Å²) >= 11 is 5.92. The Labute approximate surface area is 196 Å². The molecule has 0 atom stereocenters. The number of amides is 1. The molecule has 0 saturated carbocycles. The first-order chi connectivity index (χ1) is 15.9. The van der Waals surface area contributed by atoms with Crippen molar-refractivity contribution in [3.05, 3.63) is 90.0 Å². The van der Waals surface area contributed by atoms with E-state index in [1.54, 1.807) is 56.3 Å². The van der Waals surface area contributed by atoms with Crippen molar-refractivity contribution in [3.63, 3.8) is 0 Å². The molecule has 33 heavy (non-hydrogen) atoms. The Bertz CT molecular complexity index is 1470. The predicted molar refractivity (Wildman–Crippen MR) is 132 cm³/mol. The molecule has 0 radical (unpaired) electrons. The van der Waals surface area contributed by atoms with Gasteiger partial charge in [0, 0.05) is 16.3 Å². The van der Waals surface area contributed by atoms with Crippen LogP contribution in [0.3, 0.4) is 0 Å². The Kier molecular flexibility index (Phi) is 5.27. The van der Waals surface area contributed by atoms with Gasteiger partial charge in [0.1, 0.15) is 11.3 Å². The lowest BCUT2D eigenvalue weighted by molar-refractivity contribution is -0.128. The maximum atomic E-state index is 12.9. The zero-order valence-corrected chi connectivity index (χ0v) is 18.9. The van der Waals surface area contributed by atoms with Gasteiger partial charge in [-0.2, -0.15) is 0 Å². The average molecular weight is 457 g/mol. The summed E-state index contributed by atoms with van der Waals surface area (Å²) in [5.41, 5.74) is 1.74. The molecular weight excluding hydrogens is 436 g/mol. The molecule has 0 spiro atoms. The molecule has 4 aromatic carbocycles. The van der Waals surface area contributed by atoms with Crippen LogP contribution in [-0.4, -0.2) is 16.5 Å². The van der Waals surface area contributed by atoms with Crippen LogP contribution in [0.4, 0.5) is 5.69 Å². The molecule has 1 N–H and O–H groups in total. The first kappa shape index (κ1) is 21.0. The molecule has 1 amide bonds. The SMILES string of the molecule is CC(C)(Oc1ccc(Cl)cc1)C(=O)Nc1ccc2oc(-c3cccc4ccccc34)nc2c1. The highest BCUT2D eigenvalue weighted by atomic mass is 35.5. The number of oxazole rings is 1. The highest BCUT2D eigenvalue weighted by molar-refractivity contribution is 6.30. The van der Waals surface area contributed by atoms with E-state index in [4.69, 9.17) is 20.8 Å². The highest BCUT2D eigenvalue weighted by Crippen LogP contribution is 2.31. The largest absolute Gasteiger partial charge is 0.478 e. The van der Waals surface area contributed by atoms with Gasteiger partial charge in [-0.25, -0.2) is 4.98 Å². The van der Waals surface area contributed by atoms with E-state index in [0.717, 1.165) is 16.3 Å². The molecule has 6 heteroatoms. The number of fused-ring (bicyclic) bond motifs is 2. The number of carbonyl (C=O) groups is 1. The second-order valence-electron chi connectivity index (χ2n) is 8.25. The number of hydrogen-bond donors (Lipinski definition) is 1. The number of nitrogens with zero attached hydrogens (tertiary/aromatic N) is 1. The monoisotopic (exact) mass is 456 g/mol. The molecule has 0 aliphatic carbocycles. The van der Waals surface area contributed by atoms with Gasteiger partial charge in [-0.15, -0.1) is 0 Å². The van der Waals surface area contributed by atoms with Crippen LogP contribution in [0.25, 0.3) is 33.3 Å². The van der Waals surface area contributed by atoms with Crippen molar-refractivity contribution in [1.82, 2.24) is 4.98 Å². The summed E-state index contributed by atoms with van der Waals surface area (Å²) in [4.78, 5) is 17.6. The number of benzene rings is 4. The standard InChI is InChI=1S/C27H21ClN2O3/c1-27(2,33-20-13-10-18(28)11-14-20)26(31)29-19-12-15-24-23(16-19)30-25(32-24)22-9-5-7-17-6-3-4-8-21(17)22/h3-16H,1-2H3,(H,29,31). The quantitative estimate of drug-likeness (QED) is 0.306. The summed E-state index contributed by atoms with van der Waals surface area (Å²) in [6.45, 7) is 3.42. The van der Waals surface area contributed by atoms with Crippen LogP contribution >= 0.6 is 11.6 Å². The van der Waals surface area contributed by atoms with E-state index in [0.29, 0.717) is 33.4 Å². The van der Waals surface area contributed by atoms with E-state index in [9.17, 15) is 4.79 Å². The Hall–Kier alpha value is -3.83. The van der Waals surface area contributed by atoms with E-state index in [1.165, 1.54) is 0 Å². The summed E-state index contributed by atoms with van der Waals surface area (Å²) < 4.78 is 11.9. The molecule has 0 unspecified atom stereocenters. The fraction of sp³-hybridized carbons (Fsp3) is 0.111. The smallest absolute Gasteiger partial charge is 0.267 e. The molecule has 0 saturated heterocycles. The second-order valence-corrected chi connectivity index (χ2v) is 8.69. The number of nitrogens with one attached hydrogen (secondary N) is 1. The molecule has 5 aromatic rings. The molecule has 5 nitrogen and oxygen atoms in total.